The Hall–Kier alpha value is -3.03. The van der Waals surface area contributed by atoms with Crippen LogP contribution in [0.25, 0.3) is 17.1 Å². The summed E-state index contributed by atoms with van der Waals surface area (Å²) in [5.41, 5.74) is 2.25. The Morgan fingerprint density at radius 2 is 2.00 bits per heavy atom. The molecule has 4 rings (SSSR count). The molecule has 1 N–H and O–H groups in total. The van der Waals surface area contributed by atoms with Crippen molar-refractivity contribution in [3.63, 3.8) is 0 Å². The molecular formula is C19H14ClN5OS. The Bertz CT molecular complexity index is 1070. The van der Waals surface area contributed by atoms with Crippen molar-refractivity contribution in [1.82, 2.24) is 19.5 Å². The fourth-order valence-corrected chi connectivity index (χ4v) is 3.52. The van der Waals surface area contributed by atoms with Crippen molar-refractivity contribution in [3.05, 3.63) is 76.8 Å². The van der Waals surface area contributed by atoms with E-state index >= 15 is 0 Å². The molecule has 0 aliphatic carbocycles. The molecule has 0 radical (unpaired) electrons. The van der Waals surface area contributed by atoms with E-state index in [0.29, 0.717) is 21.5 Å². The van der Waals surface area contributed by atoms with Gasteiger partial charge in [0.05, 0.1) is 11.3 Å². The lowest BCUT2D eigenvalue weighted by Gasteiger charge is -2.04. The number of imidazole rings is 1. The fraction of sp³-hybridized carbons (Fsp3) is 0.0526. The van der Waals surface area contributed by atoms with Crippen molar-refractivity contribution in [2.75, 3.05) is 5.32 Å². The maximum atomic E-state index is 12.5. The van der Waals surface area contributed by atoms with Crippen LogP contribution in [0.15, 0.2) is 61.3 Å². The van der Waals surface area contributed by atoms with Gasteiger partial charge in [0.15, 0.2) is 5.13 Å². The van der Waals surface area contributed by atoms with Gasteiger partial charge in [-0.25, -0.2) is 15.0 Å². The Morgan fingerprint density at radius 3 is 2.67 bits per heavy atom. The van der Waals surface area contributed by atoms with Crippen molar-refractivity contribution in [3.8, 4) is 17.1 Å². The predicted molar refractivity (Wildman–Crippen MR) is 107 cm³/mol. The molecule has 134 valence electrons. The number of amides is 1. The minimum Gasteiger partial charge on any atom is -0.298 e. The number of aromatic nitrogens is 4. The minimum atomic E-state index is -0.254. The first kappa shape index (κ1) is 17.4. The van der Waals surface area contributed by atoms with Gasteiger partial charge in [0.1, 0.15) is 12.1 Å². The second-order valence-electron chi connectivity index (χ2n) is 5.76. The zero-order valence-corrected chi connectivity index (χ0v) is 15.8. The number of nitrogens with one attached hydrogen (secondary N) is 1. The first-order chi connectivity index (χ1) is 13.1. The highest BCUT2D eigenvalue weighted by Gasteiger charge is 2.13. The van der Waals surface area contributed by atoms with Crippen LogP contribution in [0.1, 0.15) is 15.2 Å². The lowest BCUT2D eigenvalue weighted by atomic mass is 10.1. The summed E-state index contributed by atoms with van der Waals surface area (Å²) in [4.78, 5) is 26.3. The molecule has 4 aromatic rings. The van der Waals surface area contributed by atoms with Gasteiger partial charge in [-0.2, -0.15) is 0 Å². The van der Waals surface area contributed by atoms with Gasteiger partial charge < -0.3 is 0 Å². The summed E-state index contributed by atoms with van der Waals surface area (Å²) < 4.78 is 1.77. The average molecular weight is 396 g/mol. The summed E-state index contributed by atoms with van der Waals surface area (Å²) in [7, 11) is 0. The van der Waals surface area contributed by atoms with E-state index in [1.54, 1.807) is 35.4 Å². The summed E-state index contributed by atoms with van der Waals surface area (Å²) in [6.45, 7) is 1.97. The van der Waals surface area contributed by atoms with E-state index in [1.807, 2.05) is 31.2 Å². The molecule has 27 heavy (non-hydrogen) atoms. The van der Waals surface area contributed by atoms with Crippen LogP contribution in [0, 0.1) is 6.92 Å². The van der Waals surface area contributed by atoms with Crippen molar-refractivity contribution in [2.24, 2.45) is 0 Å². The van der Waals surface area contributed by atoms with E-state index in [4.69, 9.17) is 11.6 Å². The Morgan fingerprint density at radius 1 is 1.19 bits per heavy atom. The minimum absolute atomic E-state index is 0.254. The highest BCUT2D eigenvalue weighted by molar-refractivity contribution is 7.16. The van der Waals surface area contributed by atoms with Gasteiger partial charge in [-0.3, -0.25) is 14.7 Å². The van der Waals surface area contributed by atoms with Crippen molar-refractivity contribution >= 4 is 34.0 Å². The van der Waals surface area contributed by atoms with Gasteiger partial charge in [-0.05, 0) is 31.2 Å². The summed E-state index contributed by atoms with van der Waals surface area (Å²) in [5.74, 6) is 0.440. The molecule has 0 aliphatic heterocycles. The van der Waals surface area contributed by atoms with Crippen molar-refractivity contribution in [1.29, 1.82) is 0 Å². The SMILES string of the molecule is Cc1sc(NC(=O)c2ccc(-n3ccnc3)nc2)nc1-c1ccc(Cl)cc1. The number of rotatable bonds is 4. The quantitative estimate of drug-likeness (QED) is 0.547. The molecule has 8 heteroatoms. The number of carbonyl (C=O) groups excluding carboxylic acids is 1. The number of halogens is 1. The number of thiazole rings is 1. The fourth-order valence-electron chi connectivity index (χ4n) is 2.56. The third-order valence-corrected chi connectivity index (χ3v) is 5.05. The molecule has 0 atom stereocenters. The van der Waals surface area contributed by atoms with E-state index in [1.165, 1.54) is 17.5 Å². The van der Waals surface area contributed by atoms with Gasteiger partial charge in [0.25, 0.3) is 5.91 Å². The maximum Gasteiger partial charge on any atom is 0.259 e. The number of aryl methyl sites for hydroxylation is 1. The van der Waals surface area contributed by atoms with Crippen molar-refractivity contribution in [2.45, 2.75) is 6.92 Å². The molecule has 3 heterocycles. The first-order valence-electron chi connectivity index (χ1n) is 8.09. The number of nitrogens with zero attached hydrogens (tertiary/aromatic N) is 4. The zero-order chi connectivity index (χ0) is 18.8. The van der Waals surface area contributed by atoms with Crippen molar-refractivity contribution < 1.29 is 4.79 Å². The largest absolute Gasteiger partial charge is 0.298 e. The third kappa shape index (κ3) is 3.74. The topological polar surface area (TPSA) is 72.7 Å². The summed E-state index contributed by atoms with van der Waals surface area (Å²) in [6.07, 6.45) is 6.65. The van der Waals surface area contributed by atoms with Crippen LogP contribution in [0.4, 0.5) is 5.13 Å². The van der Waals surface area contributed by atoms with Crippen LogP contribution < -0.4 is 5.32 Å². The summed E-state index contributed by atoms with van der Waals surface area (Å²) in [5, 5.41) is 4.05. The normalized spacial score (nSPS) is 10.7. The van der Waals surface area contributed by atoms with Gasteiger partial charge in [0.2, 0.25) is 0 Å². The monoisotopic (exact) mass is 395 g/mol. The van der Waals surface area contributed by atoms with Crippen LogP contribution in [0.3, 0.4) is 0 Å². The molecule has 0 fully saturated rings. The molecule has 1 amide bonds. The average Bonchev–Trinajstić information content (AvgIpc) is 3.33. The highest BCUT2D eigenvalue weighted by atomic mass is 35.5. The number of hydrogen-bond acceptors (Lipinski definition) is 5. The number of anilines is 1. The molecule has 6 nitrogen and oxygen atoms in total. The maximum absolute atomic E-state index is 12.5. The molecular weight excluding hydrogens is 382 g/mol. The number of pyridine rings is 1. The van der Waals surface area contributed by atoms with E-state index in [2.05, 4.69) is 20.3 Å². The molecule has 0 aliphatic rings. The van der Waals surface area contributed by atoms with Crippen LogP contribution in [-0.4, -0.2) is 25.4 Å². The Labute approximate surface area is 164 Å². The Kier molecular flexibility index (Phi) is 4.70. The molecule has 0 unspecified atom stereocenters. The van der Waals surface area contributed by atoms with Crippen LogP contribution >= 0.6 is 22.9 Å². The molecule has 3 aromatic heterocycles. The Balaban J connectivity index is 1.51. The van der Waals surface area contributed by atoms with Crippen LogP contribution in [0.5, 0.6) is 0 Å². The lowest BCUT2D eigenvalue weighted by Crippen LogP contribution is -2.12. The van der Waals surface area contributed by atoms with E-state index in [9.17, 15) is 4.79 Å². The molecule has 0 saturated heterocycles. The van der Waals surface area contributed by atoms with Gasteiger partial charge >= 0.3 is 0 Å². The van der Waals surface area contributed by atoms with Crippen LogP contribution in [-0.2, 0) is 0 Å². The van der Waals surface area contributed by atoms with Gasteiger partial charge in [-0.1, -0.05) is 23.7 Å². The molecule has 1 aromatic carbocycles. The third-order valence-electron chi connectivity index (χ3n) is 3.91. The zero-order valence-electron chi connectivity index (χ0n) is 14.3. The van der Waals surface area contributed by atoms with Crippen LogP contribution in [0.2, 0.25) is 5.02 Å². The predicted octanol–water partition coefficient (Wildman–Crippen LogP) is 4.60. The van der Waals surface area contributed by atoms with Gasteiger partial charge in [-0.15, -0.1) is 11.3 Å². The summed E-state index contributed by atoms with van der Waals surface area (Å²) in [6, 6.07) is 11.0. The second-order valence-corrected chi connectivity index (χ2v) is 7.40. The standard InChI is InChI=1S/C19H14ClN5OS/c1-12-17(13-2-5-15(20)6-3-13)23-19(27-12)24-18(26)14-4-7-16(22-10-14)25-9-8-21-11-25/h2-11H,1H3,(H,23,24,26). The molecule has 0 spiro atoms. The first-order valence-corrected chi connectivity index (χ1v) is 9.29. The number of carbonyl (C=O) groups is 1. The second kappa shape index (κ2) is 7.30. The number of hydrogen-bond donors (Lipinski definition) is 1. The van der Waals surface area contributed by atoms with E-state index in [0.717, 1.165) is 16.1 Å². The molecule has 0 bridgehead atoms. The van der Waals surface area contributed by atoms with E-state index < -0.39 is 0 Å². The molecule has 0 saturated carbocycles. The summed E-state index contributed by atoms with van der Waals surface area (Å²) >= 11 is 7.37. The van der Waals surface area contributed by atoms with Gasteiger partial charge in [0, 0.05) is 34.1 Å². The lowest BCUT2D eigenvalue weighted by molar-refractivity contribution is 0.102. The van der Waals surface area contributed by atoms with E-state index in [-0.39, 0.29) is 5.91 Å². The highest BCUT2D eigenvalue weighted by Crippen LogP contribution is 2.31. The number of benzene rings is 1. The smallest absolute Gasteiger partial charge is 0.259 e.